The van der Waals surface area contributed by atoms with E-state index in [-0.39, 0.29) is 12.0 Å². The Kier molecular flexibility index (Phi) is 2.25. The van der Waals surface area contributed by atoms with Crippen LogP contribution in [0.4, 0.5) is 0 Å². The van der Waals surface area contributed by atoms with Gasteiger partial charge in [-0.3, -0.25) is 4.79 Å². The van der Waals surface area contributed by atoms with Crippen LogP contribution in [0.15, 0.2) is 4.99 Å². The van der Waals surface area contributed by atoms with Crippen LogP contribution in [0, 0.1) is 11.8 Å². The molecule has 1 saturated heterocycles. The summed E-state index contributed by atoms with van der Waals surface area (Å²) >= 11 is 1.53. The number of aliphatic hydroxyl groups excluding tert-OH is 1. The molecule has 0 aromatic heterocycles. The lowest BCUT2D eigenvalue weighted by atomic mass is 10.00. The highest BCUT2D eigenvalue weighted by Gasteiger charge is 2.43. The van der Waals surface area contributed by atoms with E-state index in [1.165, 1.54) is 11.8 Å². The summed E-state index contributed by atoms with van der Waals surface area (Å²) in [5.74, 6) is 1.49. The third-order valence-corrected chi connectivity index (χ3v) is 4.63. The Morgan fingerprint density at radius 3 is 2.93 bits per heavy atom. The molecule has 0 aromatic carbocycles. The Bertz CT molecular complexity index is 331. The first-order valence-corrected chi connectivity index (χ1v) is 6.40. The van der Waals surface area contributed by atoms with Crippen molar-refractivity contribution in [2.24, 2.45) is 16.8 Å². The Hall–Kier alpha value is -0.550. The van der Waals surface area contributed by atoms with Crippen molar-refractivity contribution in [3.05, 3.63) is 0 Å². The van der Waals surface area contributed by atoms with E-state index in [1.807, 2.05) is 0 Å². The van der Waals surface area contributed by atoms with Gasteiger partial charge in [0.05, 0.1) is 11.9 Å². The maximum Gasteiger partial charge on any atom is 0.258 e. The fourth-order valence-corrected chi connectivity index (χ4v) is 3.67. The van der Waals surface area contributed by atoms with Crippen LogP contribution in [0.5, 0.6) is 0 Å². The minimum Gasteiger partial charge on any atom is -0.393 e. The second kappa shape index (κ2) is 3.49. The number of aliphatic imine (C=N–C) groups is 1. The molecule has 0 aromatic rings. The SMILES string of the molecule is O=C1CSC(N2CC3CCC(O)C3C2)=N1. The van der Waals surface area contributed by atoms with Gasteiger partial charge in [0.1, 0.15) is 0 Å². The third kappa shape index (κ3) is 1.58. The smallest absolute Gasteiger partial charge is 0.258 e. The first-order chi connectivity index (χ1) is 7.24. The maximum absolute atomic E-state index is 11.0. The van der Waals surface area contributed by atoms with Crippen LogP contribution in [0.25, 0.3) is 0 Å². The van der Waals surface area contributed by atoms with E-state index in [1.54, 1.807) is 0 Å². The summed E-state index contributed by atoms with van der Waals surface area (Å²) in [6, 6.07) is 0. The zero-order valence-electron chi connectivity index (χ0n) is 8.43. The van der Waals surface area contributed by atoms with Crippen molar-refractivity contribution in [3.63, 3.8) is 0 Å². The predicted molar refractivity (Wildman–Crippen MR) is 58.7 cm³/mol. The standard InChI is InChI=1S/C10H14N2O2S/c13-8-2-1-6-3-12(4-7(6)8)10-11-9(14)5-15-10/h6-8,13H,1-5H2. The molecule has 4 nitrogen and oxygen atoms in total. The number of fused-ring (bicyclic) bond motifs is 1. The number of thioether (sulfide) groups is 1. The van der Waals surface area contributed by atoms with E-state index < -0.39 is 0 Å². The number of aliphatic hydroxyl groups is 1. The zero-order valence-corrected chi connectivity index (χ0v) is 9.24. The number of hydrogen-bond acceptors (Lipinski definition) is 4. The van der Waals surface area contributed by atoms with Crippen LogP contribution < -0.4 is 0 Å². The minimum atomic E-state index is -0.136. The van der Waals surface area contributed by atoms with Crippen molar-refractivity contribution in [2.45, 2.75) is 18.9 Å². The van der Waals surface area contributed by atoms with Crippen molar-refractivity contribution in [1.82, 2.24) is 4.90 Å². The van der Waals surface area contributed by atoms with Gasteiger partial charge in [-0.2, -0.15) is 4.99 Å². The summed E-state index contributed by atoms with van der Waals surface area (Å²) in [6.07, 6.45) is 1.93. The Labute approximate surface area is 92.7 Å². The zero-order chi connectivity index (χ0) is 10.4. The molecule has 0 radical (unpaired) electrons. The molecule has 1 N–H and O–H groups in total. The van der Waals surface area contributed by atoms with Gasteiger partial charge >= 0.3 is 0 Å². The van der Waals surface area contributed by atoms with Gasteiger partial charge in [-0.15, -0.1) is 0 Å². The highest BCUT2D eigenvalue weighted by molar-refractivity contribution is 8.14. The van der Waals surface area contributed by atoms with E-state index in [0.29, 0.717) is 17.6 Å². The second-order valence-electron chi connectivity index (χ2n) is 4.55. The summed E-state index contributed by atoms with van der Waals surface area (Å²) in [5, 5.41) is 10.6. The maximum atomic E-state index is 11.0. The van der Waals surface area contributed by atoms with Crippen molar-refractivity contribution in [1.29, 1.82) is 0 Å². The number of amidine groups is 1. The molecule has 2 aliphatic heterocycles. The van der Waals surface area contributed by atoms with Gasteiger partial charge in [0.2, 0.25) is 0 Å². The van der Waals surface area contributed by atoms with Crippen LogP contribution in [-0.2, 0) is 4.79 Å². The number of nitrogens with zero attached hydrogens (tertiary/aromatic N) is 2. The molecular formula is C10H14N2O2S. The summed E-state index contributed by atoms with van der Waals surface area (Å²) in [4.78, 5) is 17.2. The largest absolute Gasteiger partial charge is 0.393 e. The summed E-state index contributed by atoms with van der Waals surface area (Å²) < 4.78 is 0. The molecule has 5 heteroatoms. The molecule has 3 unspecified atom stereocenters. The van der Waals surface area contributed by atoms with E-state index in [2.05, 4.69) is 9.89 Å². The fraction of sp³-hybridized carbons (Fsp3) is 0.800. The van der Waals surface area contributed by atoms with Crippen LogP contribution in [0.2, 0.25) is 0 Å². The Morgan fingerprint density at radius 1 is 1.40 bits per heavy atom. The number of amides is 1. The molecule has 2 fully saturated rings. The van der Waals surface area contributed by atoms with Gasteiger partial charge < -0.3 is 10.0 Å². The number of likely N-dealkylation sites (tertiary alicyclic amines) is 1. The van der Waals surface area contributed by atoms with Crippen LogP contribution >= 0.6 is 11.8 Å². The topological polar surface area (TPSA) is 52.9 Å². The molecule has 0 spiro atoms. The molecule has 1 saturated carbocycles. The molecule has 2 heterocycles. The van der Waals surface area contributed by atoms with Gasteiger partial charge in [0.15, 0.2) is 5.17 Å². The van der Waals surface area contributed by atoms with Crippen LogP contribution in [0.1, 0.15) is 12.8 Å². The van der Waals surface area contributed by atoms with Gasteiger partial charge in [-0.25, -0.2) is 0 Å². The Morgan fingerprint density at radius 2 is 2.27 bits per heavy atom. The van der Waals surface area contributed by atoms with Gasteiger partial charge in [-0.05, 0) is 18.8 Å². The van der Waals surface area contributed by atoms with Gasteiger partial charge in [-0.1, -0.05) is 11.8 Å². The number of carbonyl (C=O) groups is 1. The molecule has 3 rings (SSSR count). The van der Waals surface area contributed by atoms with E-state index >= 15 is 0 Å². The van der Waals surface area contributed by atoms with E-state index in [9.17, 15) is 9.90 Å². The lowest BCUT2D eigenvalue weighted by molar-refractivity contribution is -0.115. The molecule has 3 atom stereocenters. The average Bonchev–Trinajstić information content (AvgIpc) is 2.84. The molecule has 82 valence electrons. The molecule has 1 amide bonds. The third-order valence-electron chi connectivity index (χ3n) is 3.63. The van der Waals surface area contributed by atoms with Crippen molar-refractivity contribution in [3.8, 4) is 0 Å². The van der Waals surface area contributed by atoms with Crippen molar-refractivity contribution < 1.29 is 9.90 Å². The summed E-state index contributed by atoms with van der Waals surface area (Å²) in [6.45, 7) is 1.85. The quantitative estimate of drug-likeness (QED) is 0.646. The highest BCUT2D eigenvalue weighted by Crippen LogP contribution is 2.39. The molecule has 3 aliphatic rings. The normalized spacial score (nSPS) is 39.8. The van der Waals surface area contributed by atoms with E-state index in [4.69, 9.17) is 0 Å². The highest BCUT2D eigenvalue weighted by atomic mass is 32.2. The molecule has 15 heavy (non-hydrogen) atoms. The molecule has 0 bridgehead atoms. The number of carbonyl (C=O) groups excluding carboxylic acids is 1. The van der Waals surface area contributed by atoms with Crippen LogP contribution in [0.3, 0.4) is 0 Å². The average molecular weight is 226 g/mol. The minimum absolute atomic E-state index is 0.0207. The predicted octanol–water partition coefficient (Wildman–Crippen LogP) is 0.319. The van der Waals surface area contributed by atoms with E-state index in [0.717, 1.165) is 31.1 Å². The Balaban J connectivity index is 1.72. The van der Waals surface area contributed by atoms with Crippen molar-refractivity contribution >= 4 is 22.8 Å². The first kappa shape index (κ1) is 9.66. The monoisotopic (exact) mass is 226 g/mol. The first-order valence-electron chi connectivity index (χ1n) is 5.41. The summed E-state index contributed by atoms with van der Waals surface area (Å²) in [5.41, 5.74) is 0. The van der Waals surface area contributed by atoms with Gasteiger partial charge in [0.25, 0.3) is 5.91 Å². The summed E-state index contributed by atoms with van der Waals surface area (Å²) in [7, 11) is 0. The molecule has 1 aliphatic carbocycles. The molecular weight excluding hydrogens is 212 g/mol. The van der Waals surface area contributed by atoms with Crippen LogP contribution in [-0.4, -0.2) is 46.0 Å². The number of hydrogen-bond donors (Lipinski definition) is 1. The van der Waals surface area contributed by atoms with Crippen molar-refractivity contribution in [2.75, 3.05) is 18.8 Å². The lowest BCUT2D eigenvalue weighted by Crippen LogP contribution is -2.28. The lowest BCUT2D eigenvalue weighted by Gasteiger charge is -2.18. The van der Waals surface area contributed by atoms with Gasteiger partial charge in [0, 0.05) is 19.0 Å². The number of rotatable bonds is 0. The fourth-order valence-electron chi connectivity index (χ4n) is 2.85. The second-order valence-corrected chi connectivity index (χ2v) is 5.49.